The summed E-state index contributed by atoms with van der Waals surface area (Å²) in [6.45, 7) is -0.781. The van der Waals surface area contributed by atoms with Crippen LogP contribution in [0.2, 0.25) is 0 Å². The number of rotatable bonds is 8. The number of halogens is 3. The summed E-state index contributed by atoms with van der Waals surface area (Å²) >= 11 is 0. The lowest BCUT2D eigenvalue weighted by Gasteiger charge is -2.14. The maximum atomic E-state index is 13.2. The second-order valence-electron chi connectivity index (χ2n) is 7.00. The number of hydrogen-bond acceptors (Lipinski definition) is 6. The van der Waals surface area contributed by atoms with E-state index in [2.05, 4.69) is 10.6 Å². The third-order valence-electron chi connectivity index (χ3n) is 4.62. The molecule has 12 heteroatoms. The van der Waals surface area contributed by atoms with E-state index in [0.717, 1.165) is 12.1 Å². The minimum Gasteiger partial charge on any atom is -0.495 e. The molecule has 0 atom stereocenters. The number of ether oxygens (including phenoxy) is 2. The average molecular weight is 489 g/mol. The molecule has 2 amide bonds. The van der Waals surface area contributed by atoms with Crippen LogP contribution in [0.15, 0.2) is 66.7 Å². The first-order valence-corrected chi connectivity index (χ1v) is 9.91. The van der Waals surface area contributed by atoms with Crippen molar-refractivity contribution in [2.75, 3.05) is 24.4 Å². The number of carbonyl (C=O) groups is 2. The van der Waals surface area contributed by atoms with E-state index < -0.39 is 46.5 Å². The molecule has 0 aliphatic carbocycles. The summed E-state index contributed by atoms with van der Waals surface area (Å²) in [5.41, 5.74) is -1.11. The lowest BCUT2D eigenvalue weighted by atomic mass is 10.1. The van der Waals surface area contributed by atoms with Crippen molar-refractivity contribution in [1.82, 2.24) is 0 Å². The number of non-ortho nitro benzene ring substituents is 1. The third-order valence-corrected chi connectivity index (χ3v) is 4.62. The Morgan fingerprint density at radius 3 is 2.29 bits per heavy atom. The minimum absolute atomic E-state index is 0.271. The molecular formula is C23H18F3N3O6. The van der Waals surface area contributed by atoms with E-state index in [-0.39, 0.29) is 11.3 Å². The van der Waals surface area contributed by atoms with Gasteiger partial charge in [0.05, 0.1) is 17.7 Å². The zero-order chi connectivity index (χ0) is 25.6. The molecule has 0 aliphatic heterocycles. The van der Waals surface area contributed by atoms with Gasteiger partial charge < -0.3 is 20.1 Å². The minimum atomic E-state index is -4.92. The average Bonchev–Trinajstić information content (AvgIpc) is 2.82. The van der Waals surface area contributed by atoms with Crippen LogP contribution in [0, 0.1) is 10.1 Å². The second-order valence-corrected chi connectivity index (χ2v) is 7.00. The predicted molar refractivity (Wildman–Crippen MR) is 120 cm³/mol. The summed E-state index contributed by atoms with van der Waals surface area (Å²) in [5.74, 6) is -1.44. The van der Waals surface area contributed by atoms with Crippen molar-refractivity contribution in [1.29, 1.82) is 0 Å². The molecule has 0 unspecified atom stereocenters. The molecule has 0 aromatic heterocycles. The zero-order valence-corrected chi connectivity index (χ0v) is 18.1. The fourth-order valence-electron chi connectivity index (χ4n) is 2.97. The Bertz CT molecular complexity index is 1250. The Balaban J connectivity index is 1.61. The van der Waals surface area contributed by atoms with Gasteiger partial charge in [-0.3, -0.25) is 19.7 Å². The third kappa shape index (κ3) is 6.47. The molecule has 0 radical (unpaired) electrons. The second kappa shape index (κ2) is 10.5. The molecule has 0 spiro atoms. The van der Waals surface area contributed by atoms with Gasteiger partial charge in [-0.05, 0) is 42.5 Å². The predicted octanol–water partition coefficient (Wildman–Crippen LogP) is 4.89. The van der Waals surface area contributed by atoms with Gasteiger partial charge in [0, 0.05) is 23.4 Å². The first-order valence-electron chi connectivity index (χ1n) is 9.91. The molecule has 3 rings (SSSR count). The molecule has 0 bridgehead atoms. The van der Waals surface area contributed by atoms with E-state index in [1.807, 2.05) is 0 Å². The fraction of sp³-hybridized carbons (Fsp3) is 0.130. The van der Waals surface area contributed by atoms with Crippen LogP contribution >= 0.6 is 0 Å². The normalized spacial score (nSPS) is 10.9. The van der Waals surface area contributed by atoms with Crippen LogP contribution in [-0.2, 0) is 11.0 Å². The highest BCUT2D eigenvalue weighted by molar-refractivity contribution is 6.05. The fourth-order valence-corrected chi connectivity index (χ4v) is 2.97. The van der Waals surface area contributed by atoms with Gasteiger partial charge in [-0.25, -0.2) is 0 Å². The van der Waals surface area contributed by atoms with Crippen molar-refractivity contribution in [3.8, 4) is 11.5 Å². The molecule has 0 saturated carbocycles. The number of benzene rings is 3. The lowest BCUT2D eigenvalue weighted by molar-refractivity contribution is -0.385. The summed E-state index contributed by atoms with van der Waals surface area (Å²) in [5, 5.41) is 15.9. The van der Waals surface area contributed by atoms with Crippen molar-refractivity contribution < 1.29 is 37.2 Å². The largest absolute Gasteiger partial charge is 0.495 e. The number of nitro groups is 1. The highest BCUT2D eigenvalue weighted by atomic mass is 19.4. The summed E-state index contributed by atoms with van der Waals surface area (Å²) in [7, 11) is 1.47. The molecule has 0 fully saturated rings. The van der Waals surface area contributed by atoms with E-state index in [1.54, 1.807) is 24.3 Å². The van der Waals surface area contributed by atoms with E-state index in [1.165, 1.54) is 31.4 Å². The molecule has 0 heterocycles. The van der Waals surface area contributed by atoms with E-state index in [9.17, 15) is 32.9 Å². The van der Waals surface area contributed by atoms with Gasteiger partial charge in [0.25, 0.3) is 17.5 Å². The number of carbonyl (C=O) groups excluding carboxylic acids is 2. The Labute approximate surface area is 196 Å². The number of alkyl halides is 3. The summed E-state index contributed by atoms with van der Waals surface area (Å²) in [6, 6.07) is 14.5. The first kappa shape index (κ1) is 25.0. The van der Waals surface area contributed by atoms with Gasteiger partial charge in [0.2, 0.25) is 0 Å². The van der Waals surface area contributed by atoms with Gasteiger partial charge in [0.1, 0.15) is 17.1 Å². The number of amides is 2. The van der Waals surface area contributed by atoms with Crippen LogP contribution in [0.5, 0.6) is 11.5 Å². The van der Waals surface area contributed by atoms with E-state index >= 15 is 0 Å². The summed E-state index contributed by atoms with van der Waals surface area (Å²) < 4.78 is 49.7. The Morgan fingerprint density at radius 2 is 1.66 bits per heavy atom. The van der Waals surface area contributed by atoms with Crippen LogP contribution in [-0.4, -0.2) is 30.5 Å². The van der Waals surface area contributed by atoms with Crippen LogP contribution in [0.3, 0.4) is 0 Å². The van der Waals surface area contributed by atoms with Crippen molar-refractivity contribution in [3.63, 3.8) is 0 Å². The number of nitrogens with zero attached hydrogens (tertiary/aromatic N) is 1. The summed E-state index contributed by atoms with van der Waals surface area (Å²) in [4.78, 5) is 34.4. The van der Waals surface area contributed by atoms with Gasteiger partial charge in [-0.2, -0.15) is 13.2 Å². The number of methoxy groups -OCH3 is 1. The van der Waals surface area contributed by atoms with E-state index in [4.69, 9.17) is 9.47 Å². The van der Waals surface area contributed by atoms with Crippen LogP contribution in [0.4, 0.5) is 30.2 Å². The van der Waals surface area contributed by atoms with Gasteiger partial charge >= 0.3 is 6.18 Å². The lowest BCUT2D eigenvalue weighted by Crippen LogP contribution is -2.21. The van der Waals surface area contributed by atoms with Crippen molar-refractivity contribution in [2.45, 2.75) is 6.18 Å². The van der Waals surface area contributed by atoms with Crippen LogP contribution < -0.4 is 20.1 Å². The number of nitro benzene ring substituents is 1. The zero-order valence-electron chi connectivity index (χ0n) is 18.1. The highest BCUT2D eigenvalue weighted by Gasteiger charge is 2.36. The van der Waals surface area contributed by atoms with Crippen molar-refractivity contribution in [2.24, 2.45) is 0 Å². The van der Waals surface area contributed by atoms with Gasteiger partial charge in [-0.1, -0.05) is 12.1 Å². The smallest absolute Gasteiger partial charge is 0.420 e. The number of hydrogen-bond donors (Lipinski definition) is 2. The highest BCUT2D eigenvalue weighted by Crippen LogP contribution is 2.38. The number of nitrogens with one attached hydrogen (secondary N) is 2. The number of anilines is 2. The topological polar surface area (TPSA) is 120 Å². The molecular weight excluding hydrogens is 471 g/mol. The molecule has 3 aromatic rings. The standard InChI is InChI=1S/C23H18F3N3O6/c1-34-20-5-3-2-4-18(20)28-22(31)14-6-8-15(9-7-14)27-21(30)13-35-19-11-10-16(29(32)33)12-17(19)23(24,25)26/h2-12H,13H2,1H3,(H,27,30)(H,28,31). The SMILES string of the molecule is COc1ccccc1NC(=O)c1ccc(NC(=O)COc2ccc([N+](=O)[O-])cc2C(F)(F)F)cc1. The molecule has 9 nitrogen and oxygen atoms in total. The molecule has 3 aromatic carbocycles. The van der Waals surface area contributed by atoms with Crippen LogP contribution in [0.1, 0.15) is 15.9 Å². The number of para-hydroxylation sites is 2. The Kier molecular flexibility index (Phi) is 7.54. The molecule has 0 aliphatic rings. The molecule has 182 valence electrons. The maximum absolute atomic E-state index is 13.2. The Hall–Kier alpha value is -4.61. The van der Waals surface area contributed by atoms with E-state index in [0.29, 0.717) is 17.5 Å². The molecule has 2 N–H and O–H groups in total. The Morgan fingerprint density at radius 1 is 0.971 bits per heavy atom. The quantitative estimate of drug-likeness (QED) is 0.343. The summed E-state index contributed by atoms with van der Waals surface area (Å²) in [6.07, 6.45) is -4.92. The van der Waals surface area contributed by atoms with Gasteiger partial charge in [0.15, 0.2) is 6.61 Å². The van der Waals surface area contributed by atoms with Crippen LogP contribution in [0.25, 0.3) is 0 Å². The maximum Gasteiger partial charge on any atom is 0.420 e. The van der Waals surface area contributed by atoms with Crippen molar-refractivity contribution in [3.05, 3.63) is 88.0 Å². The first-order chi connectivity index (χ1) is 16.6. The molecule has 35 heavy (non-hydrogen) atoms. The van der Waals surface area contributed by atoms with Gasteiger partial charge in [-0.15, -0.1) is 0 Å². The molecule has 0 saturated heterocycles. The van der Waals surface area contributed by atoms with Crippen molar-refractivity contribution >= 4 is 28.9 Å². The monoisotopic (exact) mass is 489 g/mol.